The van der Waals surface area contributed by atoms with Crippen LogP contribution in [0.2, 0.25) is 0 Å². The molecule has 0 aliphatic rings. The molecule has 0 unspecified atom stereocenters. The maximum absolute atomic E-state index is 11.6. The Kier molecular flexibility index (Phi) is 9.86. The third-order valence-electron chi connectivity index (χ3n) is 6.41. The largest absolute Gasteiger partial charge is 1.00 e. The molecule has 0 spiro atoms. The van der Waals surface area contributed by atoms with E-state index in [-0.39, 0.29) is 36.1 Å². The average molecular weight is 566 g/mol. The topological polar surface area (TPSA) is 97.7 Å². The van der Waals surface area contributed by atoms with Crippen LogP contribution in [0.5, 0.6) is 11.5 Å². The van der Waals surface area contributed by atoms with Gasteiger partial charge in [0.05, 0.1) is 17.8 Å². The SMILES string of the molecule is Cc1cc(OCCc2scnc2C)cc(C)c1-c1cccc(COc2ccc(Cn3oc(=O)[n-]c3=O)cc2)c1.[Na+]. The monoisotopic (exact) mass is 565 g/mol. The van der Waals surface area contributed by atoms with E-state index in [9.17, 15) is 9.59 Å². The van der Waals surface area contributed by atoms with E-state index in [1.54, 1.807) is 11.3 Å². The Balaban J connectivity index is 0.00000370. The standard InChI is InChI=1S/C30H29N3O5S.Na/c1-19-13-26(36-12-11-27-21(3)31-18-39-27)14-20(2)28(19)24-6-4-5-23(15-24)17-37-25-9-7-22(8-10-25)16-33-29(34)32-30(35)38-33;/h4-10,13-15,18H,11-12,16-17H2,1-3H3,(H,32,34,35);/q;+1/p-1. The first-order chi connectivity index (χ1) is 18.9. The summed E-state index contributed by atoms with van der Waals surface area (Å²) in [4.78, 5) is 31.5. The molecule has 0 aliphatic heterocycles. The van der Waals surface area contributed by atoms with E-state index < -0.39 is 11.4 Å². The van der Waals surface area contributed by atoms with Gasteiger partial charge >= 0.3 is 35.3 Å². The first-order valence-electron chi connectivity index (χ1n) is 12.5. The van der Waals surface area contributed by atoms with Crippen molar-refractivity contribution in [2.24, 2.45) is 0 Å². The van der Waals surface area contributed by atoms with Crippen molar-refractivity contribution < 1.29 is 43.6 Å². The second kappa shape index (κ2) is 13.3. The van der Waals surface area contributed by atoms with Crippen LogP contribution in [0, 0.1) is 20.8 Å². The van der Waals surface area contributed by atoms with Gasteiger partial charge in [-0.3, -0.25) is 9.53 Å². The molecule has 0 N–H and O–H groups in total. The number of aromatic nitrogens is 3. The summed E-state index contributed by atoms with van der Waals surface area (Å²) >= 11 is 1.67. The Morgan fingerprint density at radius 3 is 2.33 bits per heavy atom. The fourth-order valence-corrected chi connectivity index (χ4v) is 5.28. The summed E-state index contributed by atoms with van der Waals surface area (Å²) in [5.41, 5.74) is 8.72. The molecular weight excluding hydrogens is 537 g/mol. The van der Waals surface area contributed by atoms with Crippen LogP contribution in [0.4, 0.5) is 0 Å². The number of thiazole rings is 1. The van der Waals surface area contributed by atoms with Gasteiger partial charge in [-0.1, -0.05) is 30.3 Å². The molecule has 8 nitrogen and oxygen atoms in total. The Bertz CT molecular complexity index is 1680. The predicted molar refractivity (Wildman–Crippen MR) is 150 cm³/mol. The molecule has 0 radical (unpaired) electrons. The maximum atomic E-state index is 11.6. The summed E-state index contributed by atoms with van der Waals surface area (Å²) in [6.45, 7) is 7.40. The van der Waals surface area contributed by atoms with Gasteiger partial charge in [0.2, 0.25) is 0 Å². The third kappa shape index (κ3) is 7.22. The summed E-state index contributed by atoms with van der Waals surface area (Å²) < 4.78 is 17.8. The summed E-state index contributed by atoms with van der Waals surface area (Å²) in [6.07, 6.45) is 0.852. The van der Waals surface area contributed by atoms with E-state index in [1.165, 1.54) is 10.4 Å². The number of benzene rings is 3. The molecule has 0 aliphatic carbocycles. The fraction of sp³-hybridized carbons (Fsp3) is 0.233. The van der Waals surface area contributed by atoms with Crippen LogP contribution in [0.25, 0.3) is 11.1 Å². The van der Waals surface area contributed by atoms with Crippen molar-refractivity contribution in [3.63, 3.8) is 0 Å². The van der Waals surface area contributed by atoms with Crippen molar-refractivity contribution in [2.75, 3.05) is 6.61 Å². The minimum absolute atomic E-state index is 0. The zero-order valence-corrected chi connectivity index (χ0v) is 25.8. The predicted octanol–water partition coefficient (Wildman–Crippen LogP) is 2.06. The Morgan fingerprint density at radius 1 is 0.925 bits per heavy atom. The van der Waals surface area contributed by atoms with E-state index in [1.807, 2.05) is 48.8 Å². The van der Waals surface area contributed by atoms with Crippen LogP contribution >= 0.6 is 11.3 Å². The molecule has 2 heterocycles. The molecule has 0 amide bonds. The van der Waals surface area contributed by atoms with E-state index in [0.29, 0.717) is 19.0 Å². The number of hydrogen-bond acceptors (Lipinski definition) is 7. The summed E-state index contributed by atoms with van der Waals surface area (Å²) in [5.74, 6) is 0.677. The van der Waals surface area contributed by atoms with Crippen molar-refractivity contribution >= 4 is 11.3 Å². The molecule has 10 heteroatoms. The minimum atomic E-state index is -0.894. The van der Waals surface area contributed by atoms with Crippen molar-refractivity contribution in [3.05, 3.63) is 120 Å². The Labute approximate surface area is 257 Å². The smallest absolute Gasteiger partial charge is 0.493 e. The molecule has 2 aromatic heterocycles. The van der Waals surface area contributed by atoms with E-state index in [2.05, 4.69) is 48.1 Å². The molecule has 0 saturated heterocycles. The van der Waals surface area contributed by atoms with Gasteiger partial charge in [0, 0.05) is 17.8 Å². The summed E-state index contributed by atoms with van der Waals surface area (Å²) in [6, 6.07) is 19.8. The van der Waals surface area contributed by atoms with Crippen LogP contribution in [0.1, 0.15) is 32.8 Å². The number of hydrogen-bond donors (Lipinski definition) is 0. The zero-order chi connectivity index (χ0) is 27.4. The molecule has 0 bridgehead atoms. The molecule has 0 atom stereocenters. The zero-order valence-electron chi connectivity index (χ0n) is 23.0. The number of rotatable bonds is 10. The van der Waals surface area contributed by atoms with Crippen LogP contribution in [-0.2, 0) is 19.6 Å². The fourth-order valence-electron chi connectivity index (χ4n) is 4.52. The third-order valence-corrected chi connectivity index (χ3v) is 7.40. The van der Waals surface area contributed by atoms with Gasteiger partial charge in [0.1, 0.15) is 18.1 Å². The van der Waals surface area contributed by atoms with Crippen molar-refractivity contribution in [2.45, 2.75) is 40.3 Å². The van der Waals surface area contributed by atoms with Crippen molar-refractivity contribution in [1.82, 2.24) is 14.7 Å². The van der Waals surface area contributed by atoms with Gasteiger partial charge in [-0.25, -0.2) is 9.78 Å². The van der Waals surface area contributed by atoms with E-state index in [4.69, 9.17) is 14.0 Å². The Morgan fingerprint density at radius 2 is 1.68 bits per heavy atom. The van der Waals surface area contributed by atoms with Crippen LogP contribution < -0.4 is 55.5 Å². The quantitative estimate of drug-likeness (QED) is 0.239. The maximum Gasteiger partial charge on any atom is 1.00 e. The average Bonchev–Trinajstić information content (AvgIpc) is 3.46. The van der Waals surface area contributed by atoms with Crippen molar-refractivity contribution in [3.8, 4) is 22.6 Å². The molecule has 5 rings (SSSR count). The molecule has 3 aromatic carbocycles. The Hall–Kier alpha value is -3.37. The second-order valence-electron chi connectivity index (χ2n) is 9.31. The van der Waals surface area contributed by atoms with E-state index >= 15 is 0 Å². The first-order valence-corrected chi connectivity index (χ1v) is 13.4. The number of ether oxygens (including phenoxy) is 2. The van der Waals surface area contributed by atoms with Crippen molar-refractivity contribution in [1.29, 1.82) is 0 Å². The molecular formula is C30H28N3NaO5S. The number of nitrogens with zero attached hydrogens (tertiary/aromatic N) is 3. The van der Waals surface area contributed by atoms with Crippen LogP contribution in [0.15, 0.2) is 80.3 Å². The molecule has 5 aromatic rings. The second-order valence-corrected chi connectivity index (χ2v) is 10.3. The van der Waals surface area contributed by atoms with Gasteiger partial charge < -0.3 is 19.0 Å². The molecule has 40 heavy (non-hydrogen) atoms. The van der Waals surface area contributed by atoms with Crippen LogP contribution in [0.3, 0.4) is 0 Å². The first kappa shape index (κ1) is 29.6. The number of aryl methyl sites for hydroxylation is 3. The van der Waals surface area contributed by atoms with Gasteiger partial charge in [-0.15, -0.1) is 11.3 Å². The van der Waals surface area contributed by atoms with Crippen LogP contribution in [-0.4, -0.2) is 16.3 Å². The summed E-state index contributed by atoms with van der Waals surface area (Å²) in [5, 5.41) is 0. The molecule has 200 valence electrons. The van der Waals surface area contributed by atoms with Gasteiger partial charge in [-0.05, 0) is 84.5 Å². The summed E-state index contributed by atoms with van der Waals surface area (Å²) in [7, 11) is 0. The molecule has 0 saturated carbocycles. The molecule has 0 fully saturated rings. The van der Waals surface area contributed by atoms with Gasteiger partial charge in [0.15, 0.2) is 5.69 Å². The van der Waals surface area contributed by atoms with E-state index in [0.717, 1.165) is 50.4 Å². The van der Waals surface area contributed by atoms with Gasteiger partial charge in [0.25, 0.3) is 0 Å². The van der Waals surface area contributed by atoms with Gasteiger partial charge in [-0.2, -0.15) is 0 Å². The normalized spacial score (nSPS) is 10.8. The minimum Gasteiger partial charge on any atom is -0.493 e.